The number of hydrogen-bond donors (Lipinski definition) is 0. The van der Waals surface area contributed by atoms with E-state index in [9.17, 15) is 8.78 Å². The van der Waals surface area contributed by atoms with Crippen LogP contribution in [0.2, 0.25) is 0 Å². The second-order valence-corrected chi connectivity index (χ2v) is 9.31. The first-order valence-electron chi connectivity index (χ1n) is 11.2. The Kier molecular flexibility index (Phi) is 5.25. The average Bonchev–Trinajstić information content (AvgIpc) is 3.33. The highest BCUT2D eigenvalue weighted by atomic mass is 19.3. The predicted octanol–water partition coefficient (Wildman–Crippen LogP) is 4.49. The lowest BCUT2D eigenvalue weighted by atomic mass is 9.77. The summed E-state index contributed by atoms with van der Waals surface area (Å²) in [4.78, 5) is 11.3. The van der Waals surface area contributed by atoms with Crippen molar-refractivity contribution in [3.05, 3.63) is 42.6 Å². The van der Waals surface area contributed by atoms with E-state index >= 15 is 0 Å². The molecule has 7 heteroatoms. The number of aryl methyl sites for hydroxylation is 1. The minimum atomic E-state index is -2.46. The number of pyridine rings is 1. The van der Waals surface area contributed by atoms with Crippen molar-refractivity contribution in [3.63, 3.8) is 0 Å². The molecule has 0 amide bonds. The summed E-state index contributed by atoms with van der Waals surface area (Å²) < 4.78 is 35.9. The topological polar surface area (TPSA) is 43.2 Å². The Balaban J connectivity index is 1.32. The average molecular weight is 417 g/mol. The van der Waals surface area contributed by atoms with Crippen LogP contribution in [0.1, 0.15) is 50.4 Å². The standard InChI is InChI=1S/C23H30F2N4O/c1-16-26-10-11-29(16)20-12-17-14-28(19-5-7-23(24,25)8-6-19)15-18(17)13-21(20)30-22-4-2-3-9-27-22/h2-4,9-11,17-21H,5-8,12-15H2,1H3/t17-,18+,20-,21-/m0/s1. The van der Waals surface area contributed by atoms with Crippen molar-refractivity contribution in [1.82, 2.24) is 19.4 Å². The second-order valence-electron chi connectivity index (χ2n) is 9.31. The van der Waals surface area contributed by atoms with Gasteiger partial charge < -0.3 is 9.30 Å². The van der Waals surface area contributed by atoms with Gasteiger partial charge in [-0.05, 0) is 50.5 Å². The van der Waals surface area contributed by atoms with Crippen molar-refractivity contribution >= 4 is 0 Å². The van der Waals surface area contributed by atoms with E-state index in [1.165, 1.54) is 0 Å². The van der Waals surface area contributed by atoms with E-state index in [-0.39, 0.29) is 25.0 Å². The molecule has 0 unspecified atom stereocenters. The monoisotopic (exact) mass is 416 g/mol. The SMILES string of the molecule is Cc1nccn1[C@H]1C[C@H]2CN(C3CCC(F)(F)CC3)C[C@H]2C[C@@H]1Oc1ccccn1. The molecule has 0 spiro atoms. The molecule has 3 aliphatic rings. The normalized spacial score (nSPS) is 32.1. The van der Waals surface area contributed by atoms with Crippen molar-refractivity contribution in [2.24, 2.45) is 11.8 Å². The Morgan fingerprint density at radius 3 is 2.47 bits per heavy atom. The summed E-state index contributed by atoms with van der Waals surface area (Å²) in [5.74, 6) is 0.309. The molecule has 4 atom stereocenters. The number of likely N-dealkylation sites (tertiary alicyclic amines) is 1. The van der Waals surface area contributed by atoms with Crippen molar-refractivity contribution < 1.29 is 13.5 Å². The molecule has 5 nitrogen and oxygen atoms in total. The number of nitrogens with zero attached hydrogens (tertiary/aromatic N) is 4. The summed E-state index contributed by atoms with van der Waals surface area (Å²) in [5.41, 5.74) is 0. The fraction of sp³-hybridized carbons (Fsp3) is 0.652. The van der Waals surface area contributed by atoms with Gasteiger partial charge in [-0.25, -0.2) is 18.7 Å². The lowest BCUT2D eigenvalue weighted by molar-refractivity contribution is -0.0520. The minimum absolute atomic E-state index is 0.0321. The van der Waals surface area contributed by atoms with Gasteiger partial charge in [0, 0.05) is 56.6 Å². The number of hydrogen-bond acceptors (Lipinski definition) is 4. The third-order valence-electron chi connectivity index (χ3n) is 7.45. The van der Waals surface area contributed by atoms with Crippen molar-refractivity contribution in [2.75, 3.05) is 13.1 Å². The molecule has 162 valence electrons. The molecule has 2 aromatic heterocycles. The number of alkyl halides is 2. The maximum absolute atomic E-state index is 13.6. The molecule has 1 aliphatic heterocycles. The molecule has 0 radical (unpaired) electrons. The third-order valence-corrected chi connectivity index (χ3v) is 7.45. The molecule has 1 saturated heterocycles. The van der Waals surface area contributed by atoms with Gasteiger partial charge in [0.25, 0.3) is 0 Å². The molecule has 5 rings (SSSR count). The highest BCUT2D eigenvalue weighted by molar-refractivity contribution is 5.11. The van der Waals surface area contributed by atoms with Gasteiger partial charge in [-0.15, -0.1) is 0 Å². The van der Waals surface area contributed by atoms with Crippen LogP contribution in [0, 0.1) is 18.8 Å². The van der Waals surface area contributed by atoms with Crippen LogP contribution in [-0.4, -0.2) is 50.6 Å². The summed E-state index contributed by atoms with van der Waals surface area (Å²) in [5, 5.41) is 0. The summed E-state index contributed by atoms with van der Waals surface area (Å²) >= 11 is 0. The van der Waals surface area contributed by atoms with Crippen LogP contribution in [0.3, 0.4) is 0 Å². The van der Waals surface area contributed by atoms with E-state index in [2.05, 4.69) is 19.4 Å². The van der Waals surface area contributed by atoms with Crippen molar-refractivity contribution in [3.8, 4) is 5.88 Å². The Morgan fingerprint density at radius 2 is 1.80 bits per heavy atom. The van der Waals surface area contributed by atoms with Gasteiger partial charge in [-0.3, -0.25) is 4.90 Å². The van der Waals surface area contributed by atoms with Gasteiger partial charge in [0.1, 0.15) is 11.9 Å². The van der Waals surface area contributed by atoms with Crippen LogP contribution in [0.25, 0.3) is 0 Å². The first-order chi connectivity index (χ1) is 14.5. The van der Waals surface area contributed by atoms with Crippen LogP contribution < -0.4 is 4.74 Å². The zero-order valence-corrected chi connectivity index (χ0v) is 17.5. The molecule has 0 N–H and O–H groups in total. The van der Waals surface area contributed by atoms with Crippen LogP contribution in [0.5, 0.6) is 5.88 Å². The Morgan fingerprint density at radius 1 is 1.03 bits per heavy atom. The quantitative estimate of drug-likeness (QED) is 0.736. The molecule has 3 heterocycles. The number of imidazole rings is 1. The van der Waals surface area contributed by atoms with E-state index in [1.54, 1.807) is 6.20 Å². The first kappa shape index (κ1) is 19.9. The highest BCUT2D eigenvalue weighted by Gasteiger charge is 2.47. The fourth-order valence-electron chi connectivity index (χ4n) is 5.84. The summed E-state index contributed by atoms with van der Waals surface area (Å²) in [6.07, 6.45) is 8.97. The van der Waals surface area contributed by atoms with Gasteiger partial charge in [0.05, 0.1) is 6.04 Å². The van der Waals surface area contributed by atoms with Gasteiger partial charge in [0.2, 0.25) is 11.8 Å². The smallest absolute Gasteiger partial charge is 0.248 e. The maximum Gasteiger partial charge on any atom is 0.248 e. The lowest BCUT2D eigenvalue weighted by Gasteiger charge is -2.38. The predicted molar refractivity (Wildman–Crippen MR) is 110 cm³/mol. The first-order valence-corrected chi connectivity index (χ1v) is 11.2. The van der Waals surface area contributed by atoms with Crippen LogP contribution >= 0.6 is 0 Å². The number of halogens is 2. The highest BCUT2D eigenvalue weighted by Crippen LogP contribution is 2.45. The molecule has 2 saturated carbocycles. The van der Waals surface area contributed by atoms with Gasteiger partial charge in [-0.1, -0.05) is 6.07 Å². The molecule has 30 heavy (non-hydrogen) atoms. The zero-order chi connectivity index (χ0) is 20.7. The van der Waals surface area contributed by atoms with Crippen LogP contribution in [0.4, 0.5) is 8.78 Å². The number of aromatic nitrogens is 3. The van der Waals surface area contributed by atoms with Crippen molar-refractivity contribution in [2.45, 2.75) is 69.6 Å². The van der Waals surface area contributed by atoms with Gasteiger partial charge in [-0.2, -0.15) is 0 Å². The van der Waals surface area contributed by atoms with Crippen LogP contribution in [0.15, 0.2) is 36.8 Å². The molecular weight excluding hydrogens is 386 g/mol. The molecule has 2 aromatic rings. The minimum Gasteiger partial charge on any atom is -0.472 e. The third kappa shape index (κ3) is 3.96. The fourth-order valence-corrected chi connectivity index (χ4v) is 5.84. The van der Waals surface area contributed by atoms with Crippen molar-refractivity contribution in [1.29, 1.82) is 0 Å². The van der Waals surface area contributed by atoms with E-state index in [4.69, 9.17) is 4.74 Å². The van der Waals surface area contributed by atoms with E-state index in [1.807, 2.05) is 37.5 Å². The Bertz CT molecular complexity index is 848. The van der Waals surface area contributed by atoms with Gasteiger partial charge >= 0.3 is 0 Å². The maximum atomic E-state index is 13.6. The van der Waals surface area contributed by atoms with Gasteiger partial charge in [0.15, 0.2) is 0 Å². The van der Waals surface area contributed by atoms with E-state index in [0.29, 0.717) is 36.6 Å². The lowest BCUT2D eigenvalue weighted by Crippen LogP contribution is -2.40. The van der Waals surface area contributed by atoms with E-state index in [0.717, 1.165) is 31.8 Å². The molecule has 3 fully saturated rings. The Hall–Kier alpha value is -2.02. The van der Waals surface area contributed by atoms with Crippen LogP contribution in [-0.2, 0) is 0 Å². The number of ether oxygens (including phenoxy) is 1. The molecule has 0 bridgehead atoms. The number of fused-ring (bicyclic) bond motifs is 1. The largest absolute Gasteiger partial charge is 0.472 e. The Labute approximate surface area is 176 Å². The van der Waals surface area contributed by atoms with E-state index < -0.39 is 5.92 Å². The second kappa shape index (κ2) is 7.91. The summed E-state index contributed by atoms with van der Waals surface area (Å²) in [7, 11) is 0. The molecule has 2 aliphatic carbocycles. The molecule has 0 aromatic carbocycles. The zero-order valence-electron chi connectivity index (χ0n) is 17.5. The summed E-state index contributed by atoms with van der Waals surface area (Å²) in [6, 6.07) is 6.27. The summed E-state index contributed by atoms with van der Waals surface area (Å²) in [6.45, 7) is 4.05. The molecular formula is C23H30F2N4O. The number of rotatable bonds is 4.